The number of hydrogen-bond donors (Lipinski definition) is 2. The number of nitrogens with zero attached hydrogens (tertiary/aromatic N) is 1. The van der Waals surface area contributed by atoms with E-state index in [2.05, 4.69) is 4.98 Å². The number of H-pyrrole nitrogens is 1. The number of nitrogens with one attached hydrogen (secondary N) is 1. The predicted octanol–water partition coefficient (Wildman–Crippen LogP) is 3.45. The van der Waals surface area contributed by atoms with Gasteiger partial charge in [-0.15, -0.1) is 0 Å². The average molecular weight is 357 g/mol. The first-order chi connectivity index (χ1) is 13.0. The molecule has 0 atom stereocenters. The van der Waals surface area contributed by atoms with Crippen molar-refractivity contribution in [1.29, 1.82) is 0 Å². The summed E-state index contributed by atoms with van der Waals surface area (Å²) in [5, 5.41) is 0.905. The molecule has 5 heteroatoms. The van der Waals surface area contributed by atoms with Crippen molar-refractivity contribution in [3.63, 3.8) is 0 Å². The fourth-order valence-corrected chi connectivity index (χ4v) is 3.50. The first-order valence-corrected chi connectivity index (χ1v) is 8.64. The van der Waals surface area contributed by atoms with Gasteiger partial charge in [-0.3, -0.25) is 9.59 Å². The summed E-state index contributed by atoms with van der Waals surface area (Å²) in [5.74, 6) is 0. The van der Waals surface area contributed by atoms with Gasteiger partial charge in [0.2, 0.25) is 0 Å². The first-order valence-electron chi connectivity index (χ1n) is 8.64. The Bertz CT molecular complexity index is 1280. The van der Waals surface area contributed by atoms with Crippen LogP contribution in [0, 0.1) is 6.92 Å². The number of anilines is 1. The van der Waals surface area contributed by atoms with Gasteiger partial charge in [-0.05, 0) is 65.9 Å². The zero-order valence-corrected chi connectivity index (χ0v) is 15.1. The van der Waals surface area contributed by atoms with Crippen LogP contribution in [0.2, 0.25) is 0 Å². The number of benzene rings is 2. The van der Waals surface area contributed by atoms with Crippen LogP contribution in [0.15, 0.2) is 70.4 Å². The van der Waals surface area contributed by atoms with Gasteiger partial charge in [0, 0.05) is 35.6 Å². The van der Waals surface area contributed by atoms with Crippen molar-refractivity contribution in [2.75, 3.05) is 5.73 Å². The third kappa shape index (κ3) is 2.83. The number of aryl methyl sites for hydroxylation is 2. The Morgan fingerprint density at radius 3 is 2.37 bits per heavy atom. The van der Waals surface area contributed by atoms with E-state index in [4.69, 9.17) is 5.73 Å². The highest BCUT2D eigenvalue weighted by Gasteiger charge is 2.15. The highest BCUT2D eigenvalue weighted by atomic mass is 16.1. The van der Waals surface area contributed by atoms with Crippen molar-refractivity contribution in [1.82, 2.24) is 9.55 Å². The van der Waals surface area contributed by atoms with Crippen LogP contribution in [0.4, 0.5) is 5.69 Å². The Hall–Kier alpha value is -3.60. The maximum absolute atomic E-state index is 13.1. The molecule has 0 unspecified atom stereocenters. The Morgan fingerprint density at radius 1 is 0.926 bits per heavy atom. The van der Waals surface area contributed by atoms with E-state index in [1.807, 2.05) is 37.3 Å². The standard InChI is InChI=1S/C22H19N3O2/c1-13-10-15-12-18(14-5-7-16(23)8-6-14)22(27)25(2)20(15)19(11-13)17-4-3-9-24-21(17)26/h3-12H,23H2,1-2H3,(H,24,26). The van der Waals surface area contributed by atoms with E-state index in [-0.39, 0.29) is 11.1 Å². The summed E-state index contributed by atoms with van der Waals surface area (Å²) in [5.41, 5.74) is 10.6. The molecule has 2 aromatic carbocycles. The van der Waals surface area contributed by atoms with Crippen LogP contribution in [0.25, 0.3) is 33.2 Å². The molecule has 0 aliphatic heterocycles. The highest BCUT2D eigenvalue weighted by Crippen LogP contribution is 2.29. The number of aromatic nitrogens is 2. The third-order valence-corrected chi connectivity index (χ3v) is 4.78. The third-order valence-electron chi connectivity index (χ3n) is 4.78. The molecule has 0 amide bonds. The number of rotatable bonds is 2. The molecule has 0 aliphatic carbocycles. The van der Waals surface area contributed by atoms with E-state index in [9.17, 15) is 9.59 Å². The molecule has 3 N–H and O–H groups in total. The fourth-order valence-electron chi connectivity index (χ4n) is 3.50. The number of nitrogens with two attached hydrogens (primary N) is 1. The number of hydrogen-bond acceptors (Lipinski definition) is 3. The first kappa shape index (κ1) is 16.8. The van der Waals surface area contributed by atoms with Crippen LogP contribution in [0.5, 0.6) is 0 Å². The molecule has 4 rings (SSSR count). The van der Waals surface area contributed by atoms with Gasteiger partial charge in [-0.2, -0.15) is 0 Å². The summed E-state index contributed by atoms with van der Waals surface area (Å²) in [6.45, 7) is 1.98. The number of aromatic amines is 1. The summed E-state index contributed by atoms with van der Waals surface area (Å²) in [6, 6.07) is 16.7. The molecule has 2 aromatic heterocycles. The lowest BCUT2D eigenvalue weighted by molar-refractivity contribution is 0.909. The highest BCUT2D eigenvalue weighted by molar-refractivity contribution is 5.96. The van der Waals surface area contributed by atoms with Crippen molar-refractivity contribution < 1.29 is 0 Å². The lowest BCUT2D eigenvalue weighted by Crippen LogP contribution is -2.20. The average Bonchev–Trinajstić information content (AvgIpc) is 2.65. The van der Waals surface area contributed by atoms with E-state index >= 15 is 0 Å². The molecule has 5 nitrogen and oxygen atoms in total. The smallest absolute Gasteiger partial charge is 0.258 e. The Morgan fingerprint density at radius 2 is 1.67 bits per heavy atom. The summed E-state index contributed by atoms with van der Waals surface area (Å²) in [6.07, 6.45) is 1.60. The van der Waals surface area contributed by atoms with Crippen molar-refractivity contribution in [2.45, 2.75) is 6.92 Å². The van der Waals surface area contributed by atoms with Gasteiger partial charge in [0.1, 0.15) is 0 Å². The van der Waals surface area contributed by atoms with Crippen LogP contribution in [0.1, 0.15) is 5.56 Å². The monoisotopic (exact) mass is 357 g/mol. The second-order valence-electron chi connectivity index (χ2n) is 6.71. The van der Waals surface area contributed by atoms with Gasteiger partial charge in [0.05, 0.1) is 5.52 Å². The molecule has 0 spiro atoms. The molecular formula is C22H19N3O2. The SMILES string of the molecule is Cc1cc(-c2ccc[nH]c2=O)c2c(c1)cc(-c1ccc(N)cc1)c(=O)n2C. The molecular weight excluding hydrogens is 338 g/mol. The molecule has 4 aromatic rings. The van der Waals surface area contributed by atoms with E-state index < -0.39 is 0 Å². The fraction of sp³-hybridized carbons (Fsp3) is 0.0909. The van der Waals surface area contributed by atoms with Crippen LogP contribution >= 0.6 is 0 Å². The lowest BCUT2D eigenvalue weighted by Gasteiger charge is -2.14. The van der Waals surface area contributed by atoms with E-state index in [1.54, 1.807) is 42.1 Å². The van der Waals surface area contributed by atoms with Gasteiger partial charge in [0.15, 0.2) is 0 Å². The molecule has 27 heavy (non-hydrogen) atoms. The van der Waals surface area contributed by atoms with Crippen molar-refractivity contribution in [3.8, 4) is 22.3 Å². The molecule has 0 aliphatic rings. The van der Waals surface area contributed by atoms with Crippen LogP contribution in [0.3, 0.4) is 0 Å². The second kappa shape index (κ2) is 6.29. The molecule has 0 saturated carbocycles. The van der Waals surface area contributed by atoms with Gasteiger partial charge in [0.25, 0.3) is 11.1 Å². The largest absolute Gasteiger partial charge is 0.399 e. The lowest BCUT2D eigenvalue weighted by atomic mass is 9.97. The number of fused-ring (bicyclic) bond motifs is 1. The van der Waals surface area contributed by atoms with Crippen molar-refractivity contribution in [3.05, 3.63) is 87.1 Å². The summed E-state index contributed by atoms with van der Waals surface area (Å²) in [4.78, 5) is 28.1. The maximum Gasteiger partial charge on any atom is 0.258 e. The Labute approximate surface area is 155 Å². The zero-order valence-electron chi connectivity index (χ0n) is 15.1. The van der Waals surface area contributed by atoms with E-state index in [1.165, 1.54) is 0 Å². The molecule has 0 radical (unpaired) electrons. The van der Waals surface area contributed by atoms with Crippen molar-refractivity contribution >= 4 is 16.6 Å². The topological polar surface area (TPSA) is 80.9 Å². The molecule has 0 bridgehead atoms. The minimum Gasteiger partial charge on any atom is -0.399 e. The van der Waals surface area contributed by atoms with E-state index in [0.717, 1.165) is 27.6 Å². The van der Waals surface area contributed by atoms with Crippen LogP contribution in [-0.4, -0.2) is 9.55 Å². The van der Waals surface area contributed by atoms with Crippen molar-refractivity contribution in [2.24, 2.45) is 7.05 Å². The van der Waals surface area contributed by atoms with Crippen LogP contribution < -0.4 is 16.9 Å². The second-order valence-corrected chi connectivity index (χ2v) is 6.71. The Kier molecular flexibility index (Phi) is 3.92. The molecule has 0 fully saturated rings. The molecule has 134 valence electrons. The van der Waals surface area contributed by atoms with Gasteiger partial charge in [-0.25, -0.2) is 0 Å². The van der Waals surface area contributed by atoms with Gasteiger partial charge >= 0.3 is 0 Å². The summed E-state index contributed by atoms with van der Waals surface area (Å²) >= 11 is 0. The minimum atomic E-state index is -0.181. The predicted molar refractivity (Wildman–Crippen MR) is 110 cm³/mol. The maximum atomic E-state index is 13.1. The van der Waals surface area contributed by atoms with E-state index in [0.29, 0.717) is 16.8 Å². The number of nitrogen functional groups attached to an aromatic ring is 1. The van der Waals surface area contributed by atoms with Gasteiger partial charge < -0.3 is 15.3 Å². The number of pyridine rings is 2. The van der Waals surface area contributed by atoms with Crippen LogP contribution in [-0.2, 0) is 7.05 Å². The molecule has 2 heterocycles. The normalized spacial score (nSPS) is 11.0. The Balaban J connectivity index is 2.09. The molecule has 0 saturated heterocycles. The van der Waals surface area contributed by atoms with Gasteiger partial charge in [-0.1, -0.05) is 12.1 Å². The summed E-state index contributed by atoms with van der Waals surface area (Å²) < 4.78 is 1.61. The zero-order chi connectivity index (χ0) is 19.1. The summed E-state index contributed by atoms with van der Waals surface area (Å²) in [7, 11) is 1.74. The quantitative estimate of drug-likeness (QED) is 0.539. The minimum absolute atomic E-state index is 0.121.